The normalized spacial score (nSPS) is 16.9. The van der Waals surface area contributed by atoms with Crippen molar-refractivity contribution in [2.24, 2.45) is 0 Å². The Morgan fingerprint density at radius 2 is 1.81 bits per heavy atom. The van der Waals surface area contributed by atoms with E-state index in [2.05, 4.69) is 65.6 Å². The summed E-state index contributed by atoms with van der Waals surface area (Å²) in [7, 11) is 0. The molecule has 0 bridgehead atoms. The van der Waals surface area contributed by atoms with Crippen molar-refractivity contribution in [1.82, 2.24) is 20.4 Å². The summed E-state index contributed by atoms with van der Waals surface area (Å²) in [5.41, 5.74) is 6.09. The van der Waals surface area contributed by atoms with Crippen LogP contribution in [0.1, 0.15) is 35.5 Å². The average Bonchev–Trinajstić information content (AvgIpc) is 3.56. The van der Waals surface area contributed by atoms with Crippen molar-refractivity contribution >= 4 is 22.9 Å². The number of aryl methyl sites for hydroxylation is 1. The molecule has 1 unspecified atom stereocenters. The first-order chi connectivity index (χ1) is 17.6. The SMILES string of the molecule is CC1=C(c2nc(-c3ccc4c(c3)OCO4)no2)C(c2ccccc2)NC(=S)N1Cc1cccc(C)c1. The maximum absolute atomic E-state index is 5.85. The van der Waals surface area contributed by atoms with Crippen LogP contribution >= 0.6 is 12.2 Å². The van der Waals surface area contributed by atoms with Crippen molar-refractivity contribution in [2.75, 3.05) is 6.79 Å². The number of nitrogens with zero attached hydrogens (tertiary/aromatic N) is 3. The van der Waals surface area contributed by atoms with Gasteiger partial charge in [-0.2, -0.15) is 4.98 Å². The quantitative estimate of drug-likeness (QED) is 0.356. The van der Waals surface area contributed by atoms with E-state index in [0.717, 1.165) is 22.4 Å². The highest BCUT2D eigenvalue weighted by atomic mass is 32.1. The van der Waals surface area contributed by atoms with Crippen LogP contribution in [-0.4, -0.2) is 26.9 Å². The molecule has 7 nitrogen and oxygen atoms in total. The van der Waals surface area contributed by atoms with Crippen molar-refractivity contribution in [3.8, 4) is 22.9 Å². The lowest BCUT2D eigenvalue weighted by Gasteiger charge is -2.37. The molecule has 2 aliphatic rings. The summed E-state index contributed by atoms with van der Waals surface area (Å²) in [5, 5.41) is 8.46. The number of rotatable bonds is 5. The van der Waals surface area contributed by atoms with Crippen LogP contribution in [0.2, 0.25) is 0 Å². The molecule has 1 N–H and O–H groups in total. The second-order valence-electron chi connectivity index (χ2n) is 8.86. The van der Waals surface area contributed by atoms with E-state index in [0.29, 0.717) is 34.9 Å². The van der Waals surface area contributed by atoms with E-state index in [9.17, 15) is 0 Å². The van der Waals surface area contributed by atoms with Crippen molar-refractivity contribution in [3.63, 3.8) is 0 Å². The van der Waals surface area contributed by atoms with Crippen LogP contribution in [0, 0.1) is 6.92 Å². The highest BCUT2D eigenvalue weighted by Gasteiger charge is 2.34. The Labute approximate surface area is 214 Å². The first-order valence-electron chi connectivity index (χ1n) is 11.7. The Hall–Kier alpha value is -4.17. The highest BCUT2D eigenvalue weighted by Crippen LogP contribution is 2.39. The second kappa shape index (κ2) is 9.13. The van der Waals surface area contributed by atoms with Gasteiger partial charge in [0.05, 0.1) is 11.6 Å². The lowest BCUT2D eigenvalue weighted by molar-refractivity contribution is 0.174. The van der Waals surface area contributed by atoms with E-state index in [4.69, 9.17) is 31.2 Å². The largest absolute Gasteiger partial charge is 0.454 e. The van der Waals surface area contributed by atoms with Crippen LogP contribution < -0.4 is 14.8 Å². The molecule has 0 amide bonds. The number of aromatic nitrogens is 2. The molecular formula is C28H24N4O3S. The minimum atomic E-state index is -0.225. The van der Waals surface area contributed by atoms with Crippen molar-refractivity contribution in [3.05, 3.63) is 101 Å². The maximum Gasteiger partial charge on any atom is 0.258 e. The molecule has 0 aliphatic carbocycles. The van der Waals surface area contributed by atoms with Gasteiger partial charge in [0.25, 0.3) is 5.89 Å². The first kappa shape index (κ1) is 22.3. The summed E-state index contributed by atoms with van der Waals surface area (Å²) < 4.78 is 16.8. The van der Waals surface area contributed by atoms with E-state index in [1.54, 1.807) is 0 Å². The molecule has 0 saturated heterocycles. The van der Waals surface area contributed by atoms with Gasteiger partial charge < -0.3 is 24.2 Å². The summed E-state index contributed by atoms with van der Waals surface area (Å²) in [6.07, 6.45) is 0. The summed E-state index contributed by atoms with van der Waals surface area (Å²) >= 11 is 5.83. The van der Waals surface area contributed by atoms with E-state index in [1.165, 1.54) is 11.1 Å². The first-order valence-corrected chi connectivity index (χ1v) is 12.1. The Bertz CT molecular complexity index is 1480. The number of fused-ring (bicyclic) bond motifs is 1. The molecule has 2 aliphatic heterocycles. The van der Waals surface area contributed by atoms with Gasteiger partial charge in [-0.05, 0) is 55.4 Å². The van der Waals surface area contributed by atoms with Gasteiger partial charge in [-0.1, -0.05) is 65.3 Å². The van der Waals surface area contributed by atoms with Crippen molar-refractivity contribution in [2.45, 2.75) is 26.4 Å². The third-order valence-corrected chi connectivity index (χ3v) is 6.78. The zero-order valence-corrected chi connectivity index (χ0v) is 20.7. The zero-order chi connectivity index (χ0) is 24.6. The van der Waals surface area contributed by atoms with Gasteiger partial charge in [-0.25, -0.2) is 0 Å². The molecule has 4 aromatic rings. The van der Waals surface area contributed by atoms with Gasteiger partial charge >= 0.3 is 0 Å². The molecule has 3 heterocycles. The smallest absolute Gasteiger partial charge is 0.258 e. The average molecular weight is 497 g/mol. The highest BCUT2D eigenvalue weighted by molar-refractivity contribution is 7.80. The van der Waals surface area contributed by atoms with Gasteiger partial charge in [-0.3, -0.25) is 0 Å². The molecule has 180 valence electrons. The molecule has 8 heteroatoms. The van der Waals surface area contributed by atoms with Crippen LogP contribution in [0.15, 0.2) is 83.0 Å². The minimum Gasteiger partial charge on any atom is -0.454 e. The van der Waals surface area contributed by atoms with E-state index < -0.39 is 0 Å². The standard InChI is InChI=1S/C28H24N4O3S/c1-17-7-6-8-19(13-17)15-32-18(2)24(25(29-28(32)36)20-9-4-3-5-10-20)27-30-26(31-35-27)21-11-12-22-23(14-21)34-16-33-22/h3-14,25H,15-16H2,1-2H3,(H,29,36). The summed E-state index contributed by atoms with van der Waals surface area (Å²) in [4.78, 5) is 6.88. The molecule has 3 aromatic carbocycles. The van der Waals surface area contributed by atoms with Crippen molar-refractivity contribution < 1.29 is 14.0 Å². The fourth-order valence-corrected chi connectivity index (χ4v) is 4.94. The number of hydrogen-bond donors (Lipinski definition) is 1. The number of nitrogens with one attached hydrogen (secondary N) is 1. The maximum atomic E-state index is 5.85. The summed E-state index contributed by atoms with van der Waals surface area (Å²) in [5.74, 6) is 2.31. The fraction of sp³-hybridized carbons (Fsp3) is 0.179. The molecular weight excluding hydrogens is 472 g/mol. The van der Waals surface area contributed by atoms with E-state index >= 15 is 0 Å². The molecule has 6 rings (SSSR count). The van der Waals surface area contributed by atoms with Crippen LogP contribution in [0.4, 0.5) is 0 Å². The summed E-state index contributed by atoms with van der Waals surface area (Å²) in [6, 6.07) is 24.0. The molecule has 0 radical (unpaired) electrons. The fourth-order valence-electron chi connectivity index (χ4n) is 4.62. The minimum absolute atomic E-state index is 0.212. The zero-order valence-electron chi connectivity index (χ0n) is 19.9. The lowest BCUT2D eigenvalue weighted by Crippen LogP contribution is -2.45. The number of ether oxygens (including phenoxy) is 2. The third-order valence-electron chi connectivity index (χ3n) is 6.44. The van der Waals surface area contributed by atoms with Crippen LogP contribution in [0.5, 0.6) is 11.5 Å². The van der Waals surface area contributed by atoms with Gasteiger partial charge in [0.2, 0.25) is 12.6 Å². The van der Waals surface area contributed by atoms with Gasteiger partial charge in [-0.15, -0.1) is 0 Å². The Morgan fingerprint density at radius 1 is 0.972 bits per heavy atom. The Balaban J connectivity index is 1.42. The van der Waals surface area contributed by atoms with Gasteiger partial charge in [0.15, 0.2) is 16.6 Å². The van der Waals surface area contributed by atoms with Crippen LogP contribution in [-0.2, 0) is 6.54 Å². The van der Waals surface area contributed by atoms with Crippen LogP contribution in [0.3, 0.4) is 0 Å². The number of hydrogen-bond acceptors (Lipinski definition) is 6. The predicted molar refractivity (Wildman–Crippen MR) is 140 cm³/mol. The Morgan fingerprint density at radius 3 is 2.64 bits per heavy atom. The lowest BCUT2D eigenvalue weighted by atomic mass is 9.94. The molecule has 0 fully saturated rings. The molecule has 1 atom stereocenters. The molecule has 0 spiro atoms. The van der Waals surface area contributed by atoms with Crippen LogP contribution in [0.25, 0.3) is 17.0 Å². The monoisotopic (exact) mass is 496 g/mol. The number of allylic oxidation sites excluding steroid dienone is 1. The predicted octanol–water partition coefficient (Wildman–Crippen LogP) is 5.64. The molecule has 0 saturated carbocycles. The number of benzene rings is 3. The third kappa shape index (κ3) is 4.09. The van der Waals surface area contributed by atoms with E-state index in [1.807, 2.05) is 36.4 Å². The molecule has 36 heavy (non-hydrogen) atoms. The van der Waals surface area contributed by atoms with Gasteiger partial charge in [0.1, 0.15) is 0 Å². The van der Waals surface area contributed by atoms with E-state index in [-0.39, 0.29) is 12.8 Å². The van der Waals surface area contributed by atoms with Gasteiger partial charge in [0, 0.05) is 17.8 Å². The summed E-state index contributed by atoms with van der Waals surface area (Å²) in [6.45, 7) is 4.99. The Kier molecular flexibility index (Phi) is 5.65. The molecule has 1 aromatic heterocycles. The van der Waals surface area contributed by atoms with Crippen molar-refractivity contribution in [1.29, 1.82) is 0 Å². The topological polar surface area (TPSA) is 72.6 Å². The number of thiocarbonyl (C=S) groups is 1. The second-order valence-corrected chi connectivity index (χ2v) is 9.25.